The van der Waals surface area contributed by atoms with Crippen molar-refractivity contribution in [2.75, 3.05) is 5.32 Å². The second kappa shape index (κ2) is 6.76. The van der Waals surface area contributed by atoms with Crippen molar-refractivity contribution in [3.63, 3.8) is 0 Å². The highest BCUT2D eigenvalue weighted by molar-refractivity contribution is 6.33. The van der Waals surface area contributed by atoms with Crippen molar-refractivity contribution >= 4 is 23.2 Å². The summed E-state index contributed by atoms with van der Waals surface area (Å²) in [6.07, 6.45) is 0.845. The molecule has 1 amide bonds. The van der Waals surface area contributed by atoms with Crippen molar-refractivity contribution in [2.24, 2.45) is 0 Å². The Balaban J connectivity index is 1.85. The molecule has 3 rings (SSSR count). The van der Waals surface area contributed by atoms with Gasteiger partial charge in [0.2, 0.25) is 0 Å². The second-order valence-corrected chi connectivity index (χ2v) is 5.71. The molecule has 0 saturated heterocycles. The number of rotatable bonds is 4. The van der Waals surface area contributed by atoms with E-state index in [1.807, 2.05) is 19.1 Å². The summed E-state index contributed by atoms with van der Waals surface area (Å²) in [5.41, 5.74) is 2.98. The number of aryl methyl sites for hydroxylation is 1. The minimum absolute atomic E-state index is 0.122. The first-order valence-corrected chi connectivity index (χ1v) is 7.90. The zero-order chi connectivity index (χ0) is 17.1. The number of halogens is 1. The minimum atomic E-state index is -0.354. The highest BCUT2D eigenvalue weighted by Gasteiger charge is 2.14. The third-order valence-electron chi connectivity index (χ3n) is 3.69. The molecule has 6 heteroatoms. The van der Waals surface area contributed by atoms with Gasteiger partial charge in [0, 0.05) is 5.56 Å². The number of carbonyl (C=O) groups excluding carboxylic acids is 1. The van der Waals surface area contributed by atoms with E-state index < -0.39 is 0 Å². The first kappa shape index (κ1) is 16.1. The number of phenols is 1. The summed E-state index contributed by atoms with van der Waals surface area (Å²) in [5.74, 6) is -0.232. The van der Waals surface area contributed by atoms with Gasteiger partial charge in [-0.2, -0.15) is 5.10 Å². The fourth-order valence-electron chi connectivity index (χ4n) is 2.34. The van der Waals surface area contributed by atoms with Gasteiger partial charge in [0.05, 0.1) is 16.4 Å². The minimum Gasteiger partial charge on any atom is -0.507 e. The fraction of sp³-hybridized carbons (Fsp3) is 0.111. The van der Waals surface area contributed by atoms with Crippen molar-refractivity contribution in [1.29, 1.82) is 0 Å². The number of aromatic amines is 1. The van der Waals surface area contributed by atoms with Crippen LogP contribution in [-0.4, -0.2) is 21.2 Å². The third-order valence-corrected chi connectivity index (χ3v) is 4.02. The van der Waals surface area contributed by atoms with Crippen molar-refractivity contribution < 1.29 is 9.90 Å². The Hall–Kier alpha value is -2.79. The van der Waals surface area contributed by atoms with Gasteiger partial charge >= 0.3 is 0 Å². The molecule has 0 fully saturated rings. The van der Waals surface area contributed by atoms with Crippen LogP contribution in [0.1, 0.15) is 23.0 Å². The van der Waals surface area contributed by atoms with Gasteiger partial charge in [-0.05, 0) is 42.3 Å². The Morgan fingerprint density at radius 3 is 2.79 bits per heavy atom. The molecule has 0 spiro atoms. The van der Waals surface area contributed by atoms with Gasteiger partial charge in [-0.3, -0.25) is 9.89 Å². The van der Waals surface area contributed by atoms with E-state index in [0.29, 0.717) is 22.0 Å². The average Bonchev–Trinajstić information content (AvgIpc) is 3.07. The lowest BCUT2D eigenvalue weighted by atomic mass is 10.1. The molecule has 0 aliphatic heterocycles. The maximum Gasteiger partial charge on any atom is 0.273 e. The molecule has 1 heterocycles. The van der Waals surface area contributed by atoms with Gasteiger partial charge in [0.25, 0.3) is 5.91 Å². The topological polar surface area (TPSA) is 78.0 Å². The highest BCUT2D eigenvalue weighted by Crippen LogP contribution is 2.29. The first-order chi connectivity index (χ1) is 11.6. The lowest BCUT2D eigenvalue weighted by Gasteiger charge is -2.05. The van der Waals surface area contributed by atoms with Crippen molar-refractivity contribution in [2.45, 2.75) is 13.3 Å². The number of carbonyl (C=O) groups is 1. The second-order valence-electron chi connectivity index (χ2n) is 5.31. The fourth-order valence-corrected chi connectivity index (χ4v) is 2.52. The van der Waals surface area contributed by atoms with Crippen molar-refractivity contribution in [3.05, 3.63) is 64.8 Å². The average molecular weight is 342 g/mol. The van der Waals surface area contributed by atoms with Gasteiger partial charge in [-0.25, -0.2) is 0 Å². The standard InChI is InChI=1S/C18H16ClN3O2/c1-2-11-7-8-17(23)12(9-11)15-10-16(22-21-15)18(24)20-14-6-4-3-5-13(14)19/h3-10,23H,2H2,1H3,(H,20,24)(H,21,22). The summed E-state index contributed by atoms with van der Waals surface area (Å²) in [5, 5.41) is 20.0. The number of aromatic nitrogens is 2. The lowest BCUT2D eigenvalue weighted by Crippen LogP contribution is -2.12. The quantitative estimate of drug-likeness (QED) is 0.663. The molecule has 24 heavy (non-hydrogen) atoms. The molecule has 0 aliphatic carbocycles. The molecule has 0 unspecified atom stereocenters. The largest absolute Gasteiger partial charge is 0.507 e. The van der Waals surface area contributed by atoms with E-state index >= 15 is 0 Å². The van der Waals surface area contributed by atoms with Crippen LogP contribution < -0.4 is 5.32 Å². The number of para-hydroxylation sites is 1. The number of nitrogens with zero attached hydrogens (tertiary/aromatic N) is 1. The lowest BCUT2D eigenvalue weighted by molar-refractivity contribution is 0.102. The molecular weight excluding hydrogens is 326 g/mol. The first-order valence-electron chi connectivity index (χ1n) is 7.52. The highest BCUT2D eigenvalue weighted by atomic mass is 35.5. The predicted octanol–water partition coefficient (Wildman–Crippen LogP) is 4.25. The molecule has 122 valence electrons. The van der Waals surface area contributed by atoms with Crippen molar-refractivity contribution in [1.82, 2.24) is 10.2 Å². The van der Waals surface area contributed by atoms with Crippen LogP contribution in [0.4, 0.5) is 5.69 Å². The number of hydrogen-bond acceptors (Lipinski definition) is 3. The Morgan fingerprint density at radius 1 is 1.25 bits per heavy atom. The normalized spacial score (nSPS) is 10.6. The molecule has 0 saturated carbocycles. The molecule has 2 aromatic carbocycles. The Morgan fingerprint density at radius 2 is 2.04 bits per heavy atom. The predicted molar refractivity (Wildman–Crippen MR) is 94.5 cm³/mol. The van der Waals surface area contributed by atoms with E-state index in [-0.39, 0.29) is 17.4 Å². The summed E-state index contributed by atoms with van der Waals surface area (Å²) in [6.45, 7) is 2.03. The van der Waals surface area contributed by atoms with E-state index in [1.54, 1.807) is 36.4 Å². The number of aromatic hydroxyl groups is 1. The number of nitrogens with one attached hydrogen (secondary N) is 2. The summed E-state index contributed by atoms with van der Waals surface area (Å²) >= 11 is 6.04. The Labute approximate surface area is 144 Å². The van der Waals surface area contributed by atoms with Crippen LogP contribution in [0, 0.1) is 0 Å². The monoisotopic (exact) mass is 341 g/mol. The summed E-state index contributed by atoms with van der Waals surface area (Å²) < 4.78 is 0. The summed E-state index contributed by atoms with van der Waals surface area (Å²) in [6, 6.07) is 13.9. The summed E-state index contributed by atoms with van der Waals surface area (Å²) in [7, 11) is 0. The number of hydrogen-bond donors (Lipinski definition) is 3. The molecule has 0 radical (unpaired) electrons. The zero-order valence-electron chi connectivity index (χ0n) is 13.0. The number of anilines is 1. The summed E-state index contributed by atoms with van der Waals surface area (Å²) in [4.78, 5) is 12.3. The zero-order valence-corrected chi connectivity index (χ0v) is 13.8. The molecule has 5 nitrogen and oxygen atoms in total. The van der Waals surface area contributed by atoms with E-state index in [1.165, 1.54) is 0 Å². The Kier molecular flexibility index (Phi) is 4.53. The maximum atomic E-state index is 12.3. The third kappa shape index (κ3) is 3.26. The molecule has 0 atom stereocenters. The van der Waals surface area contributed by atoms with E-state index in [0.717, 1.165) is 12.0 Å². The van der Waals surface area contributed by atoms with Crippen LogP contribution >= 0.6 is 11.6 Å². The van der Waals surface area contributed by atoms with Crippen LogP contribution in [0.15, 0.2) is 48.5 Å². The maximum absolute atomic E-state index is 12.3. The van der Waals surface area contributed by atoms with Crippen LogP contribution in [0.3, 0.4) is 0 Å². The van der Waals surface area contributed by atoms with E-state index in [4.69, 9.17) is 11.6 Å². The van der Waals surface area contributed by atoms with E-state index in [9.17, 15) is 9.90 Å². The van der Waals surface area contributed by atoms with Gasteiger partial charge in [-0.15, -0.1) is 0 Å². The van der Waals surface area contributed by atoms with Gasteiger partial charge in [-0.1, -0.05) is 36.7 Å². The molecule has 3 aromatic rings. The van der Waals surface area contributed by atoms with Crippen LogP contribution in [0.2, 0.25) is 5.02 Å². The number of benzene rings is 2. The van der Waals surface area contributed by atoms with Crippen LogP contribution in [0.5, 0.6) is 5.75 Å². The number of H-pyrrole nitrogens is 1. The molecule has 3 N–H and O–H groups in total. The van der Waals surface area contributed by atoms with Gasteiger partial charge < -0.3 is 10.4 Å². The number of phenolic OH excluding ortho intramolecular Hbond substituents is 1. The SMILES string of the molecule is CCc1ccc(O)c(-c2cc(C(=O)Nc3ccccc3Cl)[nH]n2)c1. The molecule has 1 aromatic heterocycles. The van der Waals surface area contributed by atoms with Gasteiger partial charge in [0.1, 0.15) is 11.4 Å². The van der Waals surface area contributed by atoms with Crippen LogP contribution in [0.25, 0.3) is 11.3 Å². The smallest absolute Gasteiger partial charge is 0.273 e. The molecule has 0 bridgehead atoms. The van der Waals surface area contributed by atoms with Crippen LogP contribution in [-0.2, 0) is 6.42 Å². The molecular formula is C18H16ClN3O2. The number of amides is 1. The molecule has 0 aliphatic rings. The van der Waals surface area contributed by atoms with Crippen molar-refractivity contribution in [3.8, 4) is 17.0 Å². The van der Waals surface area contributed by atoms with Gasteiger partial charge in [0.15, 0.2) is 0 Å². The van der Waals surface area contributed by atoms with E-state index in [2.05, 4.69) is 15.5 Å². The Bertz CT molecular complexity index is 889.